The normalized spacial score (nSPS) is 23.7. The van der Waals surface area contributed by atoms with E-state index < -0.39 is 0 Å². The minimum absolute atomic E-state index is 0.371. The van der Waals surface area contributed by atoms with Crippen LogP contribution in [0.25, 0.3) is 22.1 Å². The van der Waals surface area contributed by atoms with Crippen LogP contribution < -0.4 is 5.73 Å². The van der Waals surface area contributed by atoms with Crippen molar-refractivity contribution in [1.82, 2.24) is 19.5 Å². The van der Waals surface area contributed by atoms with Crippen molar-refractivity contribution in [1.29, 1.82) is 0 Å². The molecular formula is C15H19N5. The molecule has 0 aromatic carbocycles. The number of aromatic amines is 1. The van der Waals surface area contributed by atoms with E-state index in [9.17, 15) is 0 Å². The Morgan fingerprint density at radius 3 is 2.90 bits per heavy atom. The number of nitrogens with zero attached hydrogens (tertiary/aromatic N) is 3. The highest BCUT2D eigenvalue weighted by atomic mass is 15.1. The fourth-order valence-electron chi connectivity index (χ4n) is 3.51. The van der Waals surface area contributed by atoms with E-state index in [4.69, 9.17) is 10.7 Å². The molecule has 0 unspecified atom stereocenters. The Kier molecular flexibility index (Phi) is 2.57. The molecule has 5 nitrogen and oxygen atoms in total. The summed E-state index contributed by atoms with van der Waals surface area (Å²) >= 11 is 0. The van der Waals surface area contributed by atoms with Crippen LogP contribution >= 0.6 is 0 Å². The zero-order chi connectivity index (χ0) is 13.7. The van der Waals surface area contributed by atoms with Gasteiger partial charge >= 0.3 is 0 Å². The Labute approximate surface area is 117 Å². The average Bonchev–Trinajstić information content (AvgIpc) is 3.02. The molecule has 0 spiro atoms. The number of fused-ring (bicyclic) bond motifs is 3. The summed E-state index contributed by atoms with van der Waals surface area (Å²) in [5, 5.41) is 1.16. The smallest absolute Gasteiger partial charge is 0.139 e. The molecule has 1 aliphatic carbocycles. The third kappa shape index (κ3) is 1.66. The molecule has 0 bridgehead atoms. The van der Waals surface area contributed by atoms with Crippen molar-refractivity contribution in [2.24, 2.45) is 5.73 Å². The number of nitrogens with one attached hydrogen (secondary N) is 1. The average molecular weight is 269 g/mol. The van der Waals surface area contributed by atoms with Crippen molar-refractivity contribution in [2.45, 2.75) is 44.7 Å². The molecular weight excluding hydrogens is 250 g/mol. The van der Waals surface area contributed by atoms with E-state index in [1.165, 1.54) is 5.52 Å². The maximum Gasteiger partial charge on any atom is 0.139 e. The Morgan fingerprint density at radius 2 is 2.10 bits per heavy atom. The lowest BCUT2D eigenvalue weighted by atomic mass is 9.91. The van der Waals surface area contributed by atoms with Crippen molar-refractivity contribution < 1.29 is 0 Å². The predicted octanol–water partition coefficient (Wildman–Crippen LogP) is 2.66. The van der Waals surface area contributed by atoms with Crippen LogP contribution in [0.5, 0.6) is 0 Å². The summed E-state index contributed by atoms with van der Waals surface area (Å²) < 4.78 is 2.40. The Hall–Kier alpha value is -1.88. The lowest BCUT2D eigenvalue weighted by molar-refractivity contribution is 0.325. The molecule has 3 aromatic rings. The Bertz CT molecular complexity index is 761. The zero-order valence-corrected chi connectivity index (χ0v) is 11.6. The summed E-state index contributed by atoms with van der Waals surface area (Å²) in [7, 11) is 0. The molecule has 5 heteroatoms. The lowest BCUT2D eigenvalue weighted by Gasteiger charge is -2.28. The van der Waals surface area contributed by atoms with E-state index >= 15 is 0 Å². The van der Waals surface area contributed by atoms with Gasteiger partial charge in [-0.1, -0.05) is 0 Å². The lowest BCUT2D eigenvalue weighted by Crippen LogP contribution is -2.28. The summed E-state index contributed by atoms with van der Waals surface area (Å²) in [6.45, 7) is 2.09. The monoisotopic (exact) mass is 269 g/mol. The molecule has 3 heterocycles. The molecule has 20 heavy (non-hydrogen) atoms. The summed E-state index contributed by atoms with van der Waals surface area (Å²) in [6.07, 6.45) is 8.30. The van der Waals surface area contributed by atoms with Gasteiger partial charge in [0.05, 0.1) is 11.7 Å². The predicted molar refractivity (Wildman–Crippen MR) is 79.6 cm³/mol. The summed E-state index contributed by atoms with van der Waals surface area (Å²) in [4.78, 5) is 12.3. The van der Waals surface area contributed by atoms with Crippen molar-refractivity contribution in [3.63, 3.8) is 0 Å². The van der Waals surface area contributed by atoms with Crippen molar-refractivity contribution in [2.75, 3.05) is 0 Å². The maximum atomic E-state index is 6.04. The van der Waals surface area contributed by atoms with Crippen molar-refractivity contribution >= 4 is 22.1 Å². The standard InChI is InChI=1S/C15H19N5/c1-9-19-13-8-18-15-12(6-7-17-15)14(13)20(9)11-4-2-10(16)3-5-11/h6-8,10-11H,2-5,16H2,1H3,(H,17,18). The van der Waals surface area contributed by atoms with E-state index in [0.717, 1.165) is 48.1 Å². The molecule has 1 fully saturated rings. The second-order valence-corrected chi connectivity index (χ2v) is 5.83. The van der Waals surface area contributed by atoms with E-state index in [2.05, 4.69) is 27.5 Å². The molecule has 1 saturated carbocycles. The quantitative estimate of drug-likeness (QED) is 0.713. The number of nitrogens with two attached hydrogens (primary N) is 1. The highest BCUT2D eigenvalue weighted by molar-refractivity contribution is 6.01. The number of aromatic nitrogens is 4. The van der Waals surface area contributed by atoms with Gasteiger partial charge < -0.3 is 15.3 Å². The minimum atomic E-state index is 0.371. The van der Waals surface area contributed by atoms with Crippen molar-refractivity contribution in [3.8, 4) is 0 Å². The molecule has 0 amide bonds. The first-order valence-electron chi connectivity index (χ1n) is 7.30. The van der Waals surface area contributed by atoms with E-state index in [1.54, 1.807) is 0 Å². The number of rotatable bonds is 1. The fourth-order valence-corrected chi connectivity index (χ4v) is 3.51. The van der Waals surface area contributed by atoms with Gasteiger partial charge in [0.2, 0.25) is 0 Å². The minimum Gasteiger partial charge on any atom is -0.346 e. The molecule has 0 atom stereocenters. The number of hydrogen-bond acceptors (Lipinski definition) is 3. The Morgan fingerprint density at radius 1 is 1.30 bits per heavy atom. The number of pyridine rings is 1. The number of aryl methyl sites for hydroxylation is 1. The Balaban J connectivity index is 1.93. The largest absolute Gasteiger partial charge is 0.346 e. The van der Waals surface area contributed by atoms with Crippen LogP contribution in [0, 0.1) is 6.92 Å². The van der Waals surface area contributed by atoms with Gasteiger partial charge in [0.25, 0.3) is 0 Å². The van der Waals surface area contributed by atoms with Gasteiger partial charge in [-0.3, -0.25) is 0 Å². The maximum absolute atomic E-state index is 6.04. The van der Waals surface area contributed by atoms with Gasteiger partial charge in [0.15, 0.2) is 0 Å². The topological polar surface area (TPSA) is 72.5 Å². The first-order valence-corrected chi connectivity index (χ1v) is 7.30. The first kappa shape index (κ1) is 11.9. The molecule has 0 radical (unpaired) electrons. The van der Waals surface area contributed by atoms with Crippen LogP contribution in [0.4, 0.5) is 0 Å². The molecule has 1 aliphatic rings. The highest BCUT2D eigenvalue weighted by Crippen LogP contribution is 2.34. The van der Waals surface area contributed by atoms with Gasteiger partial charge in [-0.2, -0.15) is 0 Å². The zero-order valence-electron chi connectivity index (χ0n) is 11.6. The van der Waals surface area contributed by atoms with Crippen LogP contribution in [0.15, 0.2) is 18.5 Å². The summed E-state index contributed by atoms with van der Waals surface area (Å²) in [5.74, 6) is 1.08. The fraction of sp³-hybridized carbons (Fsp3) is 0.467. The van der Waals surface area contributed by atoms with Gasteiger partial charge in [0, 0.05) is 23.7 Å². The first-order chi connectivity index (χ1) is 9.74. The number of hydrogen-bond donors (Lipinski definition) is 2. The molecule has 3 N–H and O–H groups in total. The second-order valence-electron chi connectivity index (χ2n) is 5.83. The molecule has 3 aromatic heterocycles. The van der Waals surface area contributed by atoms with Crippen LogP contribution in [0.1, 0.15) is 37.5 Å². The number of H-pyrrole nitrogens is 1. The van der Waals surface area contributed by atoms with E-state index in [0.29, 0.717) is 12.1 Å². The van der Waals surface area contributed by atoms with Gasteiger partial charge in [0.1, 0.15) is 17.0 Å². The molecule has 4 rings (SSSR count). The third-order valence-electron chi connectivity index (χ3n) is 4.52. The molecule has 0 aliphatic heterocycles. The highest BCUT2D eigenvalue weighted by Gasteiger charge is 2.24. The molecule has 0 saturated heterocycles. The van der Waals surface area contributed by atoms with Crippen LogP contribution in [0.2, 0.25) is 0 Å². The SMILES string of the molecule is Cc1nc2cnc3[nH]ccc3c2n1C1CCC(N)CC1. The summed E-state index contributed by atoms with van der Waals surface area (Å²) in [6, 6.07) is 2.98. The summed E-state index contributed by atoms with van der Waals surface area (Å²) in [5.41, 5.74) is 9.18. The van der Waals surface area contributed by atoms with Crippen LogP contribution in [-0.4, -0.2) is 25.6 Å². The second kappa shape index (κ2) is 4.31. The van der Waals surface area contributed by atoms with Crippen LogP contribution in [-0.2, 0) is 0 Å². The third-order valence-corrected chi connectivity index (χ3v) is 4.52. The van der Waals surface area contributed by atoms with Gasteiger partial charge in [-0.15, -0.1) is 0 Å². The van der Waals surface area contributed by atoms with Gasteiger partial charge in [-0.05, 0) is 38.7 Å². The van der Waals surface area contributed by atoms with E-state index in [-0.39, 0.29) is 0 Å². The molecule has 104 valence electrons. The number of imidazole rings is 1. The van der Waals surface area contributed by atoms with Crippen molar-refractivity contribution in [3.05, 3.63) is 24.3 Å². The van der Waals surface area contributed by atoms with Crippen LogP contribution in [0.3, 0.4) is 0 Å². The van der Waals surface area contributed by atoms with Gasteiger partial charge in [-0.25, -0.2) is 9.97 Å². The van der Waals surface area contributed by atoms with E-state index in [1.807, 2.05) is 12.4 Å².